The molecule has 116 valence electrons. The van der Waals surface area contributed by atoms with E-state index in [2.05, 4.69) is 19.2 Å². The third-order valence-corrected chi connectivity index (χ3v) is 3.58. The van der Waals surface area contributed by atoms with Gasteiger partial charge in [0.25, 0.3) is 0 Å². The van der Waals surface area contributed by atoms with Crippen LogP contribution < -0.4 is 10.1 Å². The van der Waals surface area contributed by atoms with Crippen molar-refractivity contribution in [2.45, 2.75) is 33.1 Å². The number of aryl methyl sites for hydroxylation is 2. The molecule has 22 heavy (non-hydrogen) atoms. The van der Waals surface area contributed by atoms with Crippen LogP contribution in [0.15, 0.2) is 48.5 Å². The molecule has 0 heterocycles. The Labute approximate surface area is 132 Å². The number of hydrogen-bond acceptors (Lipinski definition) is 2. The maximum atomic E-state index is 11.9. The summed E-state index contributed by atoms with van der Waals surface area (Å²) in [6.45, 7) is 4.61. The summed E-state index contributed by atoms with van der Waals surface area (Å²) in [6, 6.07) is 15.9. The lowest BCUT2D eigenvalue weighted by Crippen LogP contribution is -2.15. The number of carbonyl (C=O) groups is 1. The Balaban J connectivity index is 1.74. The van der Waals surface area contributed by atoms with E-state index in [9.17, 15) is 4.79 Å². The van der Waals surface area contributed by atoms with Gasteiger partial charge in [-0.05, 0) is 48.2 Å². The van der Waals surface area contributed by atoms with Crippen molar-refractivity contribution in [1.29, 1.82) is 0 Å². The molecular weight excluding hydrogens is 274 g/mol. The Morgan fingerprint density at radius 1 is 0.909 bits per heavy atom. The molecule has 0 atom stereocenters. The molecule has 0 fully saturated rings. The first-order chi connectivity index (χ1) is 10.7. The van der Waals surface area contributed by atoms with Gasteiger partial charge < -0.3 is 10.1 Å². The molecular formula is C19H23NO2. The van der Waals surface area contributed by atoms with Gasteiger partial charge in [-0.25, -0.2) is 0 Å². The van der Waals surface area contributed by atoms with E-state index in [4.69, 9.17) is 4.74 Å². The zero-order valence-corrected chi connectivity index (χ0v) is 13.3. The highest BCUT2D eigenvalue weighted by molar-refractivity contribution is 5.90. The van der Waals surface area contributed by atoms with Crippen molar-refractivity contribution in [3.05, 3.63) is 59.7 Å². The van der Waals surface area contributed by atoms with Crippen molar-refractivity contribution in [3.63, 3.8) is 0 Å². The molecule has 1 amide bonds. The van der Waals surface area contributed by atoms with Gasteiger partial charge in [0.05, 0.1) is 13.0 Å². The Morgan fingerprint density at radius 2 is 1.45 bits per heavy atom. The summed E-state index contributed by atoms with van der Waals surface area (Å²) in [7, 11) is 0. The number of carbonyl (C=O) groups excluding carboxylic acids is 1. The quantitative estimate of drug-likeness (QED) is 0.831. The van der Waals surface area contributed by atoms with Gasteiger partial charge in [0.15, 0.2) is 0 Å². The second-order valence-corrected chi connectivity index (χ2v) is 5.19. The van der Waals surface area contributed by atoms with Crippen molar-refractivity contribution in [3.8, 4) is 5.75 Å². The van der Waals surface area contributed by atoms with E-state index < -0.39 is 0 Å². The fraction of sp³-hybridized carbons (Fsp3) is 0.316. The average molecular weight is 297 g/mol. The van der Waals surface area contributed by atoms with Crippen LogP contribution in [0, 0.1) is 0 Å². The molecule has 1 N–H and O–H groups in total. The Morgan fingerprint density at radius 3 is 2.00 bits per heavy atom. The van der Waals surface area contributed by atoms with E-state index in [-0.39, 0.29) is 5.91 Å². The van der Waals surface area contributed by atoms with Gasteiger partial charge >= 0.3 is 0 Å². The smallest absolute Gasteiger partial charge is 0.227 e. The third kappa shape index (κ3) is 4.92. The van der Waals surface area contributed by atoms with Crippen molar-refractivity contribution < 1.29 is 9.53 Å². The molecule has 0 aromatic heterocycles. The summed E-state index contributed by atoms with van der Waals surface area (Å²) in [5.74, 6) is 0.770. The molecule has 0 aliphatic heterocycles. The highest BCUT2D eigenvalue weighted by Gasteiger charge is 2.03. The van der Waals surface area contributed by atoms with Crippen molar-refractivity contribution in [2.75, 3.05) is 11.9 Å². The highest BCUT2D eigenvalue weighted by atomic mass is 16.5. The van der Waals surface area contributed by atoms with Gasteiger partial charge in [0, 0.05) is 5.69 Å². The van der Waals surface area contributed by atoms with E-state index in [1.165, 1.54) is 11.1 Å². The van der Waals surface area contributed by atoms with E-state index in [0.29, 0.717) is 13.0 Å². The second kappa shape index (κ2) is 8.23. The molecule has 0 aliphatic rings. The molecule has 0 saturated heterocycles. The maximum Gasteiger partial charge on any atom is 0.227 e. The first-order valence-corrected chi connectivity index (χ1v) is 7.81. The lowest BCUT2D eigenvalue weighted by Gasteiger charge is -2.08. The van der Waals surface area contributed by atoms with E-state index in [0.717, 1.165) is 24.3 Å². The van der Waals surface area contributed by atoms with E-state index in [1.54, 1.807) is 0 Å². The van der Waals surface area contributed by atoms with Gasteiger partial charge in [-0.3, -0.25) is 4.79 Å². The summed E-state index contributed by atoms with van der Waals surface area (Å²) < 4.78 is 5.59. The Hall–Kier alpha value is -2.29. The number of amides is 1. The van der Waals surface area contributed by atoms with Crippen molar-refractivity contribution in [2.24, 2.45) is 0 Å². The molecule has 2 aromatic rings. The van der Waals surface area contributed by atoms with Crippen LogP contribution in [0.4, 0.5) is 5.69 Å². The van der Waals surface area contributed by atoms with Crippen LogP contribution in [0.3, 0.4) is 0 Å². The summed E-state index contributed by atoms with van der Waals surface area (Å²) in [5, 5.41) is 2.88. The van der Waals surface area contributed by atoms with Crippen LogP contribution in [-0.2, 0) is 17.6 Å². The SMILES string of the molecule is CCc1ccc(NC(=O)CCOc2ccc(CC)cc2)cc1. The first kappa shape index (κ1) is 16.1. The molecule has 0 spiro atoms. The first-order valence-electron chi connectivity index (χ1n) is 7.81. The largest absolute Gasteiger partial charge is 0.493 e. The summed E-state index contributed by atoms with van der Waals surface area (Å²) in [4.78, 5) is 11.9. The highest BCUT2D eigenvalue weighted by Crippen LogP contribution is 2.13. The molecule has 0 unspecified atom stereocenters. The van der Waals surface area contributed by atoms with Crippen LogP contribution in [0.2, 0.25) is 0 Å². The molecule has 3 heteroatoms. The summed E-state index contributed by atoms with van der Waals surface area (Å²) in [5.41, 5.74) is 3.37. The van der Waals surface area contributed by atoms with Crippen LogP contribution in [0.25, 0.3) is 0 Å². The topological polar surface area (TPSA) is 38.3 Å². The van der Waals surface area contributed by atoms with Gasteiger partial charge in [-0.1, -0.05) is 38.1 Å². The molecule has 0 saturated carbocycles. The fourth-order valence-electron chi connectivity index (χ4n) is 2.13. The number of benzene rings is 2. The molecule has 0 aliphatic carbocycles. The van der Waals surface area contributed by atoms with Gasteiger partial charge in [-0.15, -0.1) is 0 Å². The minimum Gasteiger partial charge on any atom is -0.493 e. The van der Waals surface area contributed by atoms with Gasteiger partial charge in [-0.2, -0.15) is 0 Å². The molecule has 2 rings (SSSR count). The fourth-order valence-corrected chi connectivity index (χ4v) is 2.13. The maximum absolute atomic E-state index is 11.9. The van der Waals surface area contributed by atoms with Crippen LogP contribution >= 0.6 is 0 Å². The predicted molar refractivity (Wildman–Crippen MR) is 90.4 cm³/mol. The Bertz CT molecular complexity index is 588. The van der Waals surface area contributed by atoms with Crippen molar-refractivity contribution >= 4 is 11.6 Å². The Kier molecular flexibility index (Phi) is 6.01. The second-order valence-electron chi connectivity index (χ2n) is 5.19. The third-order valence-electron chi connectivity index (χ3n) is 3.58. The van der Waals surface area contributed by atoms with E-state index in [1.807, 2.05) is 48.5 Å². The van der Waals surface area contributed by atoms with Crippen LogP contribution in [0.5, 0.6) is 5.75 Å². The molecule has 2 aromatic carbocycles. The molecule has 3 nitrogen and oxygen atoms in total. The molecule has 0 bridgehead atoms. The average Bonchev–Trinajstić information content (AvgIpc) is 2.56. The number of ether oxygens (including phenoxy) is 1. The summed E-state index contributed by atoms with van der Waals surface area (Å²) >= 11 is 0. The molecule has 0 radical (unpaired) electrons. The minimum atomic E-state index is -0.0329. The zero-order valence-electron chi connectivity index (χ0n) is 13.3. The lowest BCUT2D eigenvalue weighted by molar-refractivity contribution is -0.116. The lowest BCUT2D eigenvalue weighted by atomic mass is 10.1. The number of nitrogens with one attached hydrogen (secondary N) is 1. The normalized spacial score (nSPS) is 10.3. The van der Waals surface area contributed by atoms with Crippen LogP contribution in [-0.4, -0.2) is 12.5 Å². The zero-order chi connectivity index (χ0) is 15.8. The predicted octanol–water partition coefficient (Wildman–Crippen LogP) is 4.22. The number of rotatable bonds is 7. The van der Waals surface area contributed by atoms with Gasteiger partial charge in [0.1, 0.15) is 5.75 Å². The van der Waals surface area contributed by atoms with Gasteiger partial charge in [0.2, 0.25) is 5.91 Å². The minimum absolute atomic E-state index is 0.0329. The van der Waals surface area contributed by atoms with Crippen molar-refractivity contribution in [1.82, 2.24) is 0 Å². The van der Waals surface area contributed by atoms with Crippen LogP contribution in [0.1, 0.15) is 31.4 Å². The number of hydrogen-bond donors (Lipinski definition) is 1. The number of anilines is 1. The summed E-state index contributed by atoms with van der Waals surface area (Å²) in [6.07, 6.45) is 2.35. The van der Waals surface area contributed by atoms with E-state index >= 15 is 0 Å². The monoisotopic (exact) mass is 297 g/mol. The standard InChI is InChI=1S/C19H23NO2/c1-3-15-5-9-17(10-6-15)20-19(21)13-14-22-18-11-7-16(4-2)8-12-18/h5-12H,3-4,13-14H2,1-2H3,(H,20,21).